The van der Waals surface area contributed by atoms with Gasteiger partial charge in [0.05, 0.1) is 48.2 Å². The van der Waals surface area contributed by atoms with Crippen LogP contribution >= 0.6 is 11.6 Å². The van der Waals surface area contributed by atoms with Crippen LogP contribution in [-0.2, 0) is 32.1 Å². The normalized spacial score (nSPS) is 26.4. The Balaban J connectivity index is 1.57. The molecule has 6 rings (SSSR count). The molecular formula is C31H28ClF2N3O5. The number of carbonyl (C=O) groups is 1. The van der Waals surface area contributed by atoms with Gasteiger partial charge in [-0.05, 0) is 54.8 Å². The van der Waals surface area contributed by atoms with E-state index >= 15 is 8.78 Å². The van der Waals surface area contributed by atoms with Gasteiger partial charge in [-0.1, -0.05) is 30.7 Å². The molecule has 2 saturated heterocycles. The molecule has 0 radical (unpaired) electrons. The van der Waals surface area contributed by atoms with Crippen LogP contribution in [0.25, 0.3) is 0 Å². The summed E-state index contributed by atoms with van der Waals surface area (Å²) in [4.78, 5) is 20.1. The predicted octanol–water partition coefficient (Wildman–Crippen LogP) is 5.09. The van der Waals surface area contributed by atoms with E-state index in [1.54, 1.807) is 43.3 Å². The largest absolute Gasteiger partial charge is 0.379 e. The van der Waals surface area contributed by atoms with Crippen molar-refractivity contribution in [2.45, 2.75) is 56.0 Å². The van der Waals surface area contributed by atoms with Crippen molar-refractivity contribution in [2.24, 2.45) is 0 Å². The minimum atomic E-state index is -2.42. The van der Waals surface area contributed by atoms with Gasteiger partial charge in [-0.2, -0.15) is 5.26 Å². The molecule has 2 aromatic carbocycles. The summed E-state index contributed by atoms with van der Waals surface area (Å²) in [6.07, 6.45) is 1.23. The second-order valence-corrected chi connectivity index (χ2v) is 11.2. The summed E-state index contributed by atoms with van der Waals surface area (Å²) in [6.45, 7) is 2.24. The van der Waals surface area contributed by atoms with Crippen LogP contribution in [0, 0.1) is 17.1 Å². The highest BCUT2D eigenvalue weighted by molar-refractivity contribution is 6.30. The van der Waals surface area contributed by atoms with Gasteiger partial charge < -0.3 is 19.3 Å². The topological polar surface area (TPSA) is 105 Å². The average molecular weight is 596 g/mol. The van der Waals surface area contributed by atoms with Crippen LogP contribution in [0.5, 0.6) is 0 Å². The van der Waals surface area contributed by atoms with E-state index in [-0.39, 0.29) is 49.3 Å². The Kier molecular flexibility index (Phi) is 7.28. The van der Waals surface area contributed by atoms with Crippen LogP contribution in [0.4, 0.5) is 8.78 Å². The lowest BCUT2D eigenvalue weighted by Crippen LogP contribution is -2.56. The Bertz CT molecular complexity index is 1550. The lowest BCUT2D eigenvalue weighted by atomic mass is 9.78. The number of halogens is 3. The Morgan fingerprint density at radius 2 is 2.02 bits per heavy atom. The van der Waals surface area contributed by atoms with Crippen molar-refractivity contribution >= 4 is 17.5 Å². The number of amides is 1. The third kappa shape index (κ3) is 4.39. The lowest BCUT2D eigenvalue weighted by molar-refractivity contribution is -0.327. The van der Waals surface area contributed by atoms with E-state index in [2.05, 4.69) is 4.98 Å². The van der Waals surface area contributed by atoms with Crippen molar-refractivity contribution in [3.63, 3.8) is 0 Å². The van der Waals surface area contributed by atoms with Crippen molar-refractivity contribution in [1.29, 1.82) is 5.26 Å². The number of pyridine rings is 1. The number of rotatable bonds is 8. The maximum atomic E-state index is 16.6. The Morgan fingerprint density at radius 1 is 1.26 bits per heavy atom. The molecule has 0 saturated carbocycles. The van der Waals surface area contributed by atoms with Gasteiger partial charge in [0.25, 0.3) is 5.91 Å². The van der Waals surface area contributed by atoms with E-state index in [0.717, 1.165) is 6.07 Å². The number of carbonyl (C=O) groups excluding carboxylic acids is 1. The number of nitrogens with zero attached hydrogens (tertiary/aromatic N) is 3. The minimum Gasteiger partial charge on any atom is -0.379 e. The van der Waals surface area contributed by atoms with Gasteiger partial charge in [0.2, 0.25) is 11.6 Å². The van der Waals surface area contributed by atoms with Gasteiger partial charge in [-0.3, -0.25) is 14.7 Å². The number of nitriles is 1. The number of ether oxygens (including phenoxy) is 3. The van der Waals surface area contributed by atoms with Crippen LogP contribution in [0.1, 0.15) is 64.5 Å². The molecule has 0 aliphatic carbocycles. The van der Waals surface area contributed by atoms with E-state index in [1.165, 1.54) is 17.2 Å². The van der Waals surface area contributed by atoms with E-state index < -0.39 is 35.0 Å². The summed E-state index contributed by atoms with van der Waals surface area (Å²) >= 11 is 6.21. The van der Waals surface area contributed by atoms with E-state index in [1.807, 2.05) is 6.07 Å². The zero-order valence-electron chi connectivity index (χ0n) is 22.8. The van der Waals surface area contributed by atoms with Gasteiger partial charge in [0, 0.05) is 29.8 Å². The first kappa shape index (κ1) is 28.6. The van der Waals surface area contributed by atoms with Gasteiger partial charge in [-0.25, -0.2) is 8.78 Å². The molecule has 3 aliphatic rings. The third-order valence-electron chi connectivity index (χ3n) is 8.38. The molecule has 42 heavy (non-hydrogen) atoms. The van der Waals surface area contributed by atoms with Crippen molar-refractivity contribution < 1.29 is 32.9 Å². The summed E-state index contributed by atoms with van der Waals surface area (Å²) in [5.74, 6) is -3.87. The summed E-state index contributed by atoms with van der Waals surface area (Å²) in [5, 5.41) is 21.1. The van der Waals surface area contributed by atoms with Gasteiger partial charge in [0.1, 0.15) is 17.5 Å². The first-order valence-corrected chi connectivity index (χ1v) is 14.1. The molecule has 4 heterocycles. The number of fused-ring (bicyclic) bond motifs is 1. The number of aliphatic hydroxyl groups is 1. The van der Waals surface area contributed by atoms with Crippen molar-refractivity contribution in [1.82, 2.24) is 9.88 Å². The first-order valence-electron chi connectivity index (χ1n) is 13.7. The molecule has 0 spiro atoms. The van der Waals surface area contributed by atoms with Gasteiger partial charge in [-0.15, -0.1) is 0 Å². The molecule has 3 aliphatic heterocycles. The quantitative estimate of drug-likeness (QED) is 0.387. The van der Waals surface area contributed by atoms with Gasteiger partial charge >= 0.3 is 0 Å². The summed E-state index contributed by atoms with van der Waals surface area (Å²) in [6, 6.07) is 14.2. The highest BCUT2D eigenvalue weighted by atomic mass is 35.5. The van der Waals surface area contributed by atoms with Crippen LogP contribution in [0.15, 0.2) is 54.7 Å². The van der Waals surface area contributed by atoms with E-state index in [4.69, 9.17) is 25.8 Å². The highest BCUT2D eigenvalue weighted by Gasteiger charge is 2.60. The lowest BCUT2D eigenvalue weighted by Gasteiger charge is -2.46. The standard InChI is InChI=1S/C31H28ClF2N3O5/c1-2-29(39,30(34)10-12-41-30)21-13-25-27(26(33)14-21)31(42-24-9-11-40-18-24,20-4-6-22(32)7-5-20)37(28(25)38)17-23-8-3-19(15-35)16-36-23/h3-8,13-14,16,24,39H,2,9-12,17-18H2,1H3/t24-,29?,30?,31+/m0/s1. The molecule has 2 fully saturated rings. The SMILES string of the molecule is CCC(O)(c1cc(F)c2c(c1)C(=O)N(Cc1ccc(C#N)cn1)[C@@]2(O[C@H]1CCOC1)c1ccc(Cl)cc1)C1(F)CCO1. The highest BCUT2D eigenvalue weighted by Crippen LogP contribution is 2.52. The molecule has 11 heteroatoms. The Hall–Kier alpha value is -3.46. The second kappa shape index (κ2) is 10.7. The molecule has 218 valence electrons. The molecule has 2 unspecified atom stereocenters. The number of aromatic nitrogens is 1. The molecule has 1 amide bonds. The molecule has 1 N–H and O–H groups in total. The number of hydrogen-bond donors (Lipinski definition) is 1. The van der Waals surface area contributed by atoms with Crippen molar-refractivity contribution in [3.05, 3.63) is 99.1 Å². The maximum absolute atomic E-state index is 16.6. The van der Waals surface area contributed by atoms with Crippen LogP contribution in [0.3, 0.4) is 0 Å². The fraction of sp³-hybridized carbons (Fsp3) is 0.387. The number of hydrogen-bond acceptors (Lipinski definition) is 7. The fourth-order valence-corrected chi connectivity index (χ4v) is 6.14. The summed E-state index contributed by atoms with van der Waals surface area (Å²) < 4.78 is 49.6. The minimum absolute atomic E-state index is 0.0694. The zero-order chi connectivity index (χ0) is 29.7. The fourth-order valence-electron chi connectivity index (χ4n) is 6.02. The molecule has 1 aromatic heterocycles. The first-order chi connectivity index (χ1) is 20.1. The zero-order valence-corrected chi connectivity index (χ0v) is 23.5. The van der Waals surface area contributed by atoms with E-state index in [9.17, 15) is 15.2 Å². The van der Waals surface area contributed by atoms with E-state index in [0.29, 0.717) is 34.9 Å². The van der Waals surface area contributed by atoms with Crippen molar-refractivity contribution in [2.75, 3.05) is 19.8 Å². The molecule has 4 atom stereocenters. The average Bonchev–Trinajstić information content (AvgIpc) is 3.57. The van der Waals surface area contributed by atoms with Crippen LogP contribution in [0.2, 0.25) is 5.02 Å². The van der Waals surface area contributed by atoms with Crippen molar-refractivity contribution in [3.8, 4) is 6.07 Å². The number of benzene rings is 2. The molecule has 3 aromatic rings. The Labute approximate surface area is 246 Å². The second-order valence-electron chi connectivity index (χ2n) is 10.7. The molecule has 8 nitrogen and oxygen atoms in total. The molecular weight excluding hydrogens is 568 g/mol. The van der Waals surface area contributed by atoms with Gasteiger partial charge in [0.15, 0.2) is 0 Å². The third-order valence-corrected chi connectivity index (χ3v) is 8.63. The van der Waals surface area contributed by atoms with Crippen LogP contribution < -0.4 is 0 Å². The van der Waals surface area contributed by atoms with Crippen LogP contribution in [-0.4, -0.2) is 52.7 Å². The smallest absolute Gasteiger partial charge is 0.257 e. The predicted molar refractivity (Wildman–Crippen MR) is 146 cm³/mol. The summed E-state index contributed by atoms with van der Waals surface area (Å²) in [5.41, 5.74) is -3.03. The summed E-state index contributed by atoms with van der Waals surface area (Å²) in [7, 11) is 0. The number of alkyl halides is 1. The maximum Gasteiger partial charge on any atom is 0.257 e. The molecule has 0 bridgehead atoms. The Morgan fingerprint density at radius 3 is 2.60 bits per heavy atom. The monoisotopic (exact) mass is 595 g/mol.